The molecule has 6 nitrogen and oxygen atoms in total. The molecular formula is C14H20N4O2. The van der Waals surface area contributed by atoms with Gasteiger partial charge >= 0.3 is 0 Å². The largest absolute Gasteiger partial charge is 0.380 e. The number of nitrogens with zero attached hydrogens (tertiary/aromatic N) is 2. The summed E-state index contributed by atoms with van der Waals surface area (Å²) < 4.78 is 0. The van der Waals surface area contributed by atoms with Crippen molar-refractivity contribution in [1.82, 2.24) is 15.2 Å². The Hall–Kier alpha value is -2.11. The Labute approximate surface area is 118 Å². The molecule has 2 rings (SSSR count). The van der Waals surface area contributed by atoms with Gasteiger partial charge in [0.15, 0.2) is 0 Å². The van der Waals surface area contributed by atoms with Crippen molar-refractivity contribution < 1.29 is 9.59 Å². The Morgan fingerprint density at radius 1 is 1.50 bits per heavy atom. The third-order valence-electron chi connectivity index (χ3n) is 3.38. The first-order valence-electron chi connectivity index (χ1n) is 6.92. The van der Waals surface area contributed by atoms with Crippen molar-refractivity contribution in [2.24, 2.45) is 0 Å². The Bertz CT molecular complexity index is 500. The first kappa shape index (κ1) is 14.3. The van der Waals surface area contributed by atoms with Gasteiger partial charge in [0.25, 0.3) is 5.91 Å². The van der Waals surface area contributed by atoms with Crippen LogP contribution < -0.4 is 10.6 Å². The standard InChI is InChI=1S/C14H20N4O2/c1-3-18(4-2)14(20)12-7-10(5-6-15-12)17-11-8-13(19)16-9-11/h5-7,11H,3-4,8-9H2,1-2H3,(H,15,17)(H,16,19). The second-order valence-corrected chi connectivity index (χ2v) is 4.76. The normalized spacial score (nSPS) is 17.7. The van der Waals surface area contributed by atoms with Crippen LogP contribution in [0.4, 0.5) is 5.69 Å². The van der Waals surface area contributed by atoms with E-state index >= 15 is 0 Å². The first-order valence-corrected chi connectivity index (χ1v) is 6.92. The average Bonchev–Trinajstić information content (AvgIpc) is 2.85. The summed E-state index contributed by atoms with van der Waals surface area (Å²) in [7, 11) is 0. The van der Waals surface area contributed by atoms with Gasteiger partial charge in [0, 0.05) is 37.9 Å². The monoisotopic (exact) mass is 276 g/mol. The molecule has 0 radical (unpaired) electrons. The Balaban J connectivity index is 2.07. The minimum atomic E-state index is -0.0701. The van der Waals surface area contributed by atoms with Gasteiger partial charge in [-0.15, -0.1) is 0 Å². The van der Waals surface area contributed by atoms with Crippen molar-refractivity contribution in [3.8, 4) is 0 Å². The molecule has 0 spiro atoms. The Kier molecular flexibility index (Phi) is 4.55. The van der Waals surface area contributed by atoms with Gasteiger partial charge in [-0.2, -0.15) is 0 Å². The Morgan fingerprint density at radius 2 is 2.25 bits per heavy atom. The molecule has 0 bridgehead atoms. The zero-order valence-electron chi connectivity index (χ0n) is 11.8. The fourth-order valence-corrected chi connectivity index (χ4v) is 2.25. The molecule has 1 unspecified atom stereocenters. The summed E-state index contributed by atoms with van der Waals surface area (Å²) >= 11 is 0. The van der Waals surface area contributed by atoms with Crippen LogP contribution in [0.5, 0.6) is 0 Å². The topological polar surface area (TPSA) is 74.3 Å². The van der Waals surface area contributed by atoms with Crippen LogP contribution in [0.15, 0.2) is 18.3 Å². The molecule has 1 saturated heterocycles. The van der Waals surface area contributed by atoms with Crippen molar-refractivity contribution in [3.63, 3.8) is 0 Å². The van der Waals surface area contributed by atoms with E-state index in [0.717, 1.165) is 5.69 Å². The van der Waals surface area contributed by atoms with E-state index in [1.54, 1.807) is 17.2 Å². The number of amides is 2. The molecule has 1 fully saturated rings. The average molecular weight is 276 g/mol. The van der Waals surface area contributed by atoms with Gasteiger partial charge < -0.3 is 15.5 Å². The van der Waals surface area contributed by atoms with Gasteiger partial charge in [0.1, 0.15) is 5.69 Å². The van der Waals surface area contributed by atoms with Crippen molar-refractivity contribution in [2.45, 2.75) is 26.3 Å². The van der Waals surface area contributed by atoms with E-state index in [2.05, 4.69) is 15.6 Å². The molecule has 0 aliphatic carbocycles. The summed E-state index contributed by atoms with van der Waals surface area (Å²) in [6.07, 6.45) is 2.07. The SMILES string of the molecule is CCN(CC)C(=O)c1cc(NC2CNC(=O)C2)ccn1. The van der Waals surface area contributed by atoms with Crippen LogP contribution in [0.25, 0.3) is 0 Å². The smallest absolute Gasteiger partial charge is 0.272 e. The fourth-order valence-electron chi connectivity index (χ4n) is 2.25. The first-order chi connectivity index (χ1) is 9.63. The maximum absolute atomic E-state index is 12.2. The van der Waals surface area contributed by atoms with E-state index in [-0.39, 0.29) is 17.9 Å². The van der Waals surface area contributed by atoms with E-state index in [0.29, 0.717) is 31.7 Å². The quantitative estimate of drug-likeness (QED) is 0.836. The van der Waals surface area contributed by atoms with Crippen LogP contribution in [-0.4, -0.2) is 47.4 Å². The Morgan fingerprint density at radius 3 is 2.85 bits per heavy atom. The summed E-state index contributed by atoms with van der Waals surface area (Å²) in [5.74, 6) is -0.0183. The van der Waals surface area contributed by atoms with Gasteiger partial charge in [-0.1, -0.05) is 0 Å². The second kappa shape index (κ2) is 6.36. The summed E-state index contributed by atoms with van der Waals surface area (Å²) in [4.78, 5) is 29.2. The van der Waals surface area contributed by atoms with E-state index in [1.165, 1.54) is 0 Å². The third kappa shape index (κ3) is 3.26. The molecule has 1 atom stereocenters. The second-order valence-electron chi connectivity index (χ2n) is 4.76. The molecule has 1 aliphatic rings. The number of pyridine rings is 1. The molecule has 2 heterocycles. The summed E-state index contributed by atoms with van der Waals surface area (Å²) in [5, 5.41) is 6.02. The highest BCUT2D eigenvalue weighted by atomic mass is 16.2. The maximum Gasteiger partial charge on any atom is 0.272 e. The zero-order valence-corrected chi connectivity index (χ0v) is 11.8. The van der Waals surface area contributed by atoms with E-state index in [4.69, 9.17) is 0 Å². The van der Waals surface area contributed by atoms with E-state index in [1.807, 2.05) is 19.9 Å². The highest BCUT2D eigenvalue weighted by molar-refractivity contribution is 5.93. The van der Waals surface area contributed by atoms with Crippen molar-refractivity contribution in [1.29, 1.82) is 0 Å². The molecule has 2 N–H and O–H groups in total. The lowest BCUT2D eigenvalue weighted by molar-refractivity contribution is -0.119. The molecule has 20 heavy (non-hydrogen) atoms. The minimum Gasteiger partial charge on any atom is -0.380 e. The van der Waals surface area contributed by atoms with E-state index in [9.17, 15) is 9.59 Å². The van der Waals surface area contributed by atoms with Crippen LogP contribution >= 0.6 is 0 Å². The van der Waals surface area contributed by atoms with Gasteiger partial charge in [-0.3, -0.25) is 14.6 Å². The number of aromatic nitrogens is 1. The van der Waals surface area contributed by atoms with Gasteiger partial charge in [-0.25, -0.2) is 0 Å². The van der Waals surface area contributed by atoms with Crippen LogP contribution in [0.2, 0.25) is 0 Å². The highest BCUT2D eigenvalue weighted by Gasteiger charge is 2.21. The molecule has 6 heteroatoms. The predicted molar refractivity (Wildman–Crippen MR) is 76.5 cm³/mol. The number of anilines is 1. The van der Waals surface area contributed by atoms with Crippen molar-refractivity contribution >= 4 is 17.5 Å². The molecular weight excluding hydrogens is 256 g/mol. The fraction of sp³-hybridized carbons (Fsp3) is 0.500. The summed E-state index contributed by atoms with van der Waals surface area (Å²) in [5.41, 5.74) is 1.24. The molecule has 108 valence electrons. The number of nitrogens with one attached hydrogen (secondary N) is 2. The number of rotatable bonds is 5. The zero-order chi connectivity index (χ0) is 14.5. The maximum atomic E-state index is 12.2. The molecule has 2 amide bonds. The molecule has 1 aromatic heterocycles. The van der Waals surface area contributed by atoms with Gasteiger partial charge in [0.2, 0.25) is 5.91 Å². The summed E-state index contributed by atoms with van der Waals surface area (Å²) in [6, 6.07) is 3.62. The summed E-state index contributed by atoms with van der Waals surface area (Å²) in [6.45, 7) is 5.82. The molecule has 0 saturated carbocycles. The number of hydrogen-bond acceptors (Lipinski definition) is 4. The number of carbonyl (C=O) groups excluding carboxylic acids is 2. The van der Waals surface area contributed by atoms with Crippen LogP contribution in [0.1, 0.15) is 30.8 Å². The number of carbonyl (C=O) groups is 2. The lowest BCUT2D eigenvalue weighted by Crippen LogP contribution is -2.31. The van der Waals surface area contributed by atoms with Gasteiger partial charge in [-0.05, 0) is 26.0 Å². The van der Waals surface area contributed by atoms with E-state index < -0.39 is 0 Å². The van der Waals surface area contributed by atoms with Crippen LogP contribution in [-0.2, 0) is 4.79 Å². The number of hydrogen-bond donors (Lipinski definition) is 2. The minimum absolute atomic E-state index is 0.0518. The molecule has 0 aromatic carbocycles. The van der Waals surface area contributed by atoms with Gasteiger partial charge in [0.05, 0.1) is 6.04 Å². The third-order valence-corrected chi connectivity index (χ3v) is 3.38. The lowest BCUT2D eigenvalue weighted by Gasteiger charge is -2.18. The predicted octanol–water partition coefficient (Wildman–Crippen LogP) is 0.864. The molecule has 1 aromatic rings. The lowest BCUT2D eigenvalue weighted by atomic mass is 10.2. The van der Waals surface area contributed by atoms with Crippen molar-refractivity contribution in [2.75, 3.05) is 25.0 Å². The van der Waals surface area contributed by atoms with Crippen molar-refractivity contribution in [3.05, 3.63) is 24.0 Å². The molecule has 1 aliphatic heterocycles. The van der Waals surface area contributed by atoms with Crippen LogP contribution in [0.3, 0.4) is 0 Å². The highest BCUT2D eigenvalue weighted by Crippen LogP contribution is 2.14. The van der Waals surface area contributed by atoms with Crippen LogP contribution in [0, 0.1) is 0 Å².